The van der Waals surface area contributed by atoms with E-state index in [1.165, 1.54) is 5.56 Å². The number of piperidine rings is 2. The number of nitrogens with one attached hydrogen (secondary N) is 1. The van der Waals surface area contributed by atoms with Gasteiger partial charge in [0.25, 0.3) is 0 Å². The van der Waals surface area contributed by atoms with Crippen LogP contribution in [0, 0.1) is 5.92 Å². The zero-order valence-electron chi connectivity index (χ0n) is 15.4. The van der Waals surface area contributed by atoms with E-state index in [1.807, 2.05) is 17.0 Å². The number of amides is 2. The quantitative estimate of drug-likeness (QED) is 0.877. The summed E-state index contributed by atoms with van der Waals surface area (Å²) < 4.78 is 0. The SMILES string of the molecule is CC(=O)N1CCC(C(=O)NC2CCCN(Cc3ccc(Cl)cc3)C2)CC1. The molecular weight excluding hydrogens is 350 g/mol. The number of hydrogen-bond donors (Lipinski definition) is 1. The second-order valence-corrected chi connectivity index (χ2v) is 7.93. The van der Waals surface area contributed by atoms with Crippen molar-refractivity contribution < 1.29 is 9.59 Å². The molecule has 6 heteroatoms. The first-order valence-electron chi connectivity index (χ1n) is 9.54. The van der Waals surface area contributed by atoms with Crippen molar-refractivity contribution in [1.29, 1.82) is 0 Å². The average molecular weight is 378 g/mol. The van der Waals surface area contributed by atoms with Crippen molar-refractivity contribution in [2.24, 2.45) is 5.92 Å². The number of rotatable bonds is 4. The van der Waals surface area contributed by atoms with Crippen molar-refractivity contribution in [1.82, 2.24) is 15.1 Å². The summed E-state index contributed by atoms with van der Waals surface area (Å²) in [4.78, 5) is 28.2. The van der Waals surface area contributed by atoms with Crippen LogP contribution in [-0.2, 0) is 16.1 Å². The Morgan fingerprint density at radius 1 is 1.12 bits per heavy atom. The van der Waals surface area contributed by atoms with E-state index in [2.05, 4.69) is 22.3 Å². The van der Waals surface area contributed by atoms with Crippen molar-refractivity contribution in [2.45, 2.75) is 45.2 Å². The Hall–Kier alpha value is -1.59. The minimum absolute atomic E-state index is 0.0391. The molecule has 0 bridgehead atoms. The Balaban J connectivity index is 1.46. The topological polar surface area (TPSA) is 52.7 Å². The largest absolute Gasteiger partial charge is 0.352 e. The van der Waals surface area contributed by atoms with Crippen LogP contribution >= 0.6 is 11.6 Å². The van der Waals surface area contributed by atoms with Crippen LogP contribution in [0.3, 0.4) is 0 Å². The molecule has 2 saturated heterocycles. The van der Waals surface area contributed by atoms with E-state index < -0.39 is 0 Å². The van der Waals surface area contributed by atoms with Crippen LogP contribution in [0.2, 0.25) is 5.02 Å². The highest BCUT2D eigenvalue weighted by atomic mass is 35.5. The van der Waals surface area contributed by atoms with Crippen LogP contribution in [0.1, 0.15) is 38.2 Å². The first-order chi connectivity index (χ1) is 12.5. The van der Waals surface area contributed by atoms with Gasteiger partial charge in [-0.3, -0.25) is 14.5 Å². The van der Waals surface area contributed by atoms with Gasteiger partial charge in [-0.2, -0.15) is 0 Å². The maximum absolute atomic E-state index is 12.6. The van der Waals surface area contributed by atoms with Crippen molar-refractivity contribution in [3.8, 4) is 0 Å². The van der Waals surface area contributed by atoms with E-state index in [9.17, 15) is 9.59 Å². The Bertz CT molecular complexity index is 626. The van der Waals surface area contributed by atoms with Crippen LogP contribution in [0.5, 0.6) is 0 Å². The first kappa shape index (κ1) is 19.2. The predicted molar refractivity (Wildman–Crippen MR) is 103 cm³/mol. The lowest BCUT2D eigenvalue weighted by atomic mass is 9.95. The van der Waals surface area contributed by atoms with Crippen LogP contribution in [0.4, 0.5) is 0 Å². The van der Waals surface area contributed by atoms with Crippen molar-refractivity contribution in [3.63, 3.8) is 0 Å². The number of carbonyl (C=O) groups is 2. The summed E-state index contributed by atoms with van der Waals surface area (Å²) in [5.41, 5.74) is 1.25. The summed E-state index contributed by atoms with van der Waals surface area (Å²) in [6.07, 6.45) is 3.68. The second kappa shape index (κ2) is 8.87. The van der Waals surface area contributed by atoms with Gasteiger partial charge in [0.15, 0.2) is 0 Å². The Labute approximate surface area is 160 Å². The molecule has 2 aliphatic rings. The fourth-order valence-electron chi connectivity index (χ4n) is 3.94. The molecule has 3 rings (SSSR count). The minimum atomic E-state index is 0.0391. The summed E-state index contributed by atoms with van der Waals surface area (Å²) in [5, 5.41) is 4.01. The van der Waals surface area contributed by atoms with Crippen molar-refractivity contribution in [2.75, 3.05) is 26.2 Å². The van der Waals surface area contributed by atoms with Crippen LogP contribution in [0.25, 0.3) is 0 Å². The van der Waals surface area contributed by atoms with Crippen molar-refractivity contribution in [3.05, 3.63) is 34.9 Å². The molecule has 5 nitrogen and oxygen atoms in total. The molecule has 26 heavy (non-hydrogen) atoms. The van der Waals surface area contributed by atoms with E-state index in [1.54, 1.807) is 6.92 Å². The molecular formula is C20H28ClN3O2. The van der Waals surface area contributed by atoms with Gasteiger partial charge in [0.2, 0.25) is 11.8 Å². The summed E-state index contributed by atoms with van der Waals surface area (Å²) >= 11 is 5.95. The number of benzene rings is 1. The van der Waals surface area contributed by atoms with Gasteiger partial charge < -0.3 is 10.2 Å². The van der Waals surface area contributed by atoms with Gasteiger partial charge in [-0.05, 0) is 49.9 Å². The molecule has 142 valence electrons. The molecule has 0 aliphatic carbocycles. The predicted octanol–water partition coefficient (Wildman–Crippen LogP) is 2.68. The smallest absolute Gasteiger partial charge is 0.223 e. The molecule has 1 aromatic rings. The molecule has 1 aromatic carbocycles. The molecule has 2 heterocycles. The monoisotopic (exact) mass is 377 g/mol. The van der Waals surface area contributed by atoms with Gasteiger partial charge in [0.1, 0.15) is 0 Å². The van der Waals surface area contributed by atoms with Gasteiger partial charge in [-0.15, -0.1) is 0 Å². The van der Waals surface area contributed by atoms with E-state index in [0.29, 0.717) is 13.1 Å². The Morgan fingerprint density at radius 3 is 2.46 bits per heavy atom. The normalized spacial score (nSPS) is 22.2. The third-order valence-corrected chi connectivity index (χ3v) is 5.73. The van der Waals surface area contributed by atoms with Gasteiger partial charge in [-0.25, -0.2) is 0 Å². The van der Waals surface area contributed by atoms with Crippen LogP contribution < -0.4 is 5.32 Å². The van der Waals surface area contributed by atoms with E-state index in [4.69, 9.17) is 11.6 Å². The van der Waals surface area contributed by atoms with Gasteiger partial charge in [0.05, 0.1) is 0 Å². The highest BCUT2D eigenvalue weighted by Gasteiger charge is 2.28. The zero-order chi connectivity index (χ0) is 18.5. The Kier molecular flexibility index (Phi) is 6.54. The molecule has 2 fully saturated rings. The number of likely N-dealkylation sites (tertiary alicyclic amines) is 2. The molecule has 2 aliphatic heterocycles. The van der Waals surface area contributed by atoms with E-state index in [0.717, 1.165) is 50.3 Å². The van der Waals surface area contributed by atoms with E-state index >= 15 is 0 Å². The third-order valence-electron chi connectivity index (χ3n) is 5.48. The fourth-order valence-corrected chi connectivity index (χ4v) is 4.07. The molecule has 0 saturated carbocycles. The lowest BCUT2D eigenvalue weighted by Crippen LogP contribution is -2.50. The molecule has 0 spiro atoms. The van der Waals surface area contributed by atoms with Crippen LogP contribution in [0.15, 0.2) is 24.3 Å². The molecule has 2 amide bonds. The van der Waals surface area contributed by atoms with Gasteiger partial charge in [0, 0.05) is 50.1 Å². The van der Waals surface area contributed by atoms with Gasteiger partial charge in [-0.1, -0.05) is 23.7 Å². The Morgan fingerprint density at radius 2 is 1.81 bits per heavy atom. The summed E-state index contributed by atoms with van der Waals surface area (Å²) in [6.45, 7) is 5.83. The summed E-state index contributed by atoms with van der Waals surface area (Å²) in [6, 6.07) is 8.19. The molecule has 1 N–H and O–H groups in total. The third kappa shape index (κ3) is 5.21. The molecule has 0 radical (unpaired) electrons. The second-order valence-electron chi connectivity index (χ2n) is 7.49. The average Bonchev–Trinajstić information content (AvgIpc) is 2.64. The standard InChI is InChI=1S/C20H28ClN3O2/c1-15(25)24-11-8-17(9-12-24)20(26)22-19-3-2-10-23(14-19)13-16-4-6-18(21)7-5-16/h4-7,17,19H,2-3,8-14H2,1H3,(H,22,26). The summed E-state index contributed by atoms with van der Waals surface area (Å²) in [7, 11) is 0. The highest BCUT2D eigenvalue weighted by molar-refractivity contribution is 6.30. The number of nitrogens with zero attached hydrogens (tertiary/aromatic N) is 2. The number of halogens is 1. The maximum Gasteiger partial charge on any atom is 0.223 e. The molecule has 1 atom stereocenters. The molecule has 0 aromatic heterocycles. The van der Waals surface area contributed by atoms with E-state index in [-0.39, 0.29) is 23.8 Å². The maximum atomic E-state index is 12.6. The molecule has 1 unspecified atom stereocenters. The number of carbonyl (C=O) groups excluding carboxylic acids is 2. The van der Waals surface area contributed by atoms with Gasteiger partial charge >= 0.3 is 0 Å². The summed E-state index contributed by atoms with van der Waals surface area (Å²) in [5.74, 6) is 0.303. The fraction of sp³-hybridized carbons (Fsp3) is 0.600. The number of hydrogen-bond acceptors (Lipinski definition) is 3. The lowest BCUT2D eigenvalue weighted by molar-refractivity contribution is -0.134. The van der Waals surface area contributed by atoms with Crippen LogP contribution in [-0.4, -0.2) is 53.8 Å². The first-order valence-corrected chi connectivity index (χ1v) is 9.92. The highest BCUT2D eigenvalue weighted by Crippen LogP contribution is 2.20. The minimum Gasteiger partial charge on any atom is -0.352 e. The lowest BCUT2D eigenvalue weighted by Gasteiger charge is -2.35. The zero-order valence-corrected chi connectivity index (χ0v) is 16.2. The van der Waals surface area contributed by atoms with Crippen molar-refractivity contribution >= 4 is 23.4 Å².